The van der Waals surface area contributed by atoms with E-state index in [2.05, 4.69) is 86.0 Å². The quantitative estimate of drug-likeness (QED) is 0.0333. The van der Waals surface area contributed by atoms with E-state index in [1.807, 2.05) is 39.4 Å². The summed E-state index contributed by atoms with van der Waals surface area (Å²) >= 11 is 0. The third-order valence-electron chi connectivity index (χ3n) is 6.56. The molecule has 0 aliphatic rings. The van der Waals surface area contributed by atoms with E-state index in [1.165, 1.54) is 0 Å². The van der Waals surface area contributed by atoms with Gasteiger partial charge in [0.05, 0.1) is 39.9 Å². The van der Waals surface area contributed by atoms with Gasteiger partial charge in [0.15, 0.2) is 0 Å². The molecule has 0 saturated carbocycles. The maximum absolute atomic E-state index is 12.7. The van der Waals surface area contributed by atoms with Crippen LogP contribution in [0.25, 0.3) is 0 Å². The molecule has 3 atom stereocenters. The van der Waals surface area contributed by atoms with Crippen LogP contribution in [0.1, 0.15) is 84.5 Å². The van der Waals surface area contributed by atoms with Crippen molar-refractivity contribution in [2.24, 2.45) is 0 Å². The smallest absolute Gasteiger partial charge is 0.387 e. The minimum absolute atomic E-state index is 0.0310. The Morgan fingerprint density at radius 2 is 1.15 bits per heavy atom. The number of phosphoric acid groups is 1. The van der Waals surface area contributed by atoms with Gasteiger partial charge in [-0.25, -0.2) is 4.57 Å². The zero-order chi connectivity index (χ0) is 35.1. The van der Waals surface area contributed by atoms with Gasteiger partial charge < -0.3 is 19.8 Å². The summed E-state index contributed by atoms with van der Waals surface area (Å²) in [5.74, 6) is -0.328. The van der Waals surface area contributed by atoms with Crippen molar-refractivity contribution in [1.29, 1.82) is 0 Å². The van der Waals surface area contributed by atoms with Gasteiger partial charge in [-0.1, -0.05) is 111 Å². The molecule has 3 unspecified atom stereocenters. The maximum Gasteiger partial charge on any atom is 0.472 e. The Hall–Kier alpha value is -2.58. The van der Waals surface area contributed by atoms with Crippen molar-refractivity contribution in [3.63, 3.8) is 0 Å². The predicted molar refractivity (Wildman–Crippen MR) is 198 cm³/mol. The first-order chi connectivity index (χ1) is 22.5. The lowest BCUT2D eigenvalue weighted by Gasteiger charge is -2.25. The van der Waals surface area contributed by atoms with E-state index in [0.717, 1.165) is 51.4 Å². The number of carbonyl (C=O) groups excluding carboxylic acids is 1. The van der Waals surface area contributed by atoms with Crippen molar-refractivity contribution in [1.82, 2.24) is 5.32 Å². The van der Waals surface area contributed by atoms with Crippen LogP contribution in [0.15, 0.2) is 97.2 Å². The molecule has 0 heterocycles. The Kier molecular flexibility index (Phi) is 27.9. The minimum Gasteiger partial charge on any atom is -0.387 e. The molecule has 0 bridgehead atoms. The first-order valence-corrected chi connectivity index (χ1v) is 18.6. The summed E-state index contributed by atoms with van der Waals surface area (Å²) in [5, 5.41) is 13.5. The molecule has 266 valence electrons. The van der Waals surface area contributed by atoms with E-state index in [4.69, 9.17) is 9.05 Å². The Balaban J connectivity index is 4.84. The zero-order valence-corrected chi connectivity index (χ0v) is 30.6. The number of quaternary nitrogens is 1. The molecular formula is C38H64N2O6P+. The van der Waals surface area contributed by atoms with Crippen LogP contribution < -0.4 is 5.32 Å². The van der Waals surface area contributed by atoms with Crippen LogP contribution >= 0.6 is 7.82 Å². The van der Waals surface area contributed by atoms with E-state index < -0.39 is 20.0 Å². The molecule has 3 N–H and O–H groups in total. The molecule has 0 spiro atoms. The average Bonchev–Trinajstić information content (AvgIpc) is 3.01. The topological polar surface area (TPSA) is 105 Å². The van der Waals surface area contributed by atoms with Crippen LogP contribution in [-0.2, 0) is 18.4 Å². The molecule has 0 saturated heterocycles. The SMILES string of the molecule is CC/C=C\C/C=C\C/C=C\C/C=C\C/C=C\CC(=O)NC(COP(=O)(O)OCC[N+](C)(C)C)C(O)/C=C/CC/C=C/CC/C=C/CC. The third-order valence-corrected chi connectivity index (χ3v) is 7.54. The van der Waals surface area contributed by atoms with Crippen molar-refractivity contribution < 1.29 is 32.9 Å². The van der Waals surface area contributed by atoms with Crippen molar-refractivity contribution in [3.8, 4) is 0 Å². The van der Waals surface area contributed by atoms with Gasteiger partial charge >= 0.3 is 7.82 Å². The molecule has 0 aliphatic carbocycles. The monoisotopic (exact) mass is 675 g/mol. The summed E-state index contributed by atoms with van der Waals surface area (Å²) in [6.45, 7) is 4.40. The van der Waals surface area contributed by atoms with Gasteiger partial charge in [0.25, 0.3) is 0 Å². The number of amides is 1. The van der Waals surface area contributed by atoms with Crippen LogP contribution in [0.4, 0.5) is 0 Å². The molecule has 9 heteroatoms. The second-order valence-electron chi connectivity index (χ2n) is 12.1. The van der Waals surface area contributed by atoms with Gasteiger partial charge in [0.2, 0.25) is 5.91 Å². The first-order valence-electron chi connectivity index (χ1n) is 17.1. The van der Waals surface area contributed by atoms with Crippen molar-refractivity contribution in [2.45, 2.75) is 96.6 Å². The van der Waals surface area contributed by atoms with E-state index >= 15 is 0 Å². The summed E-state index contributed by atoms with van der Waals surface area (Å²) in [6.07, 6.45) is 40.9. The summed E-state index contributed by atoms with van der Waals surface area (Å²) < 4.78 is 23.3. The highest BCUT2D eigenvalue weighted by atomic mass is 31.2. The van der Waals surface area contributed by atoms with Gasteiger partial charge in [0, 0.05) is 6.42 Å². The normalized spacial score (nSPS) is 16.0. The highest BCUT2D eigenvalue weighted by Gasteiger charge is 2.27. The highest BCUT2D eigenvalue weighted by molar-refractivity contribution is 7.47. The number of allylic oxidation sites excluding steroid dienone is 14. The standard InChI is InChI=1S/C38H63N2O6P/c1-6-8-10-12-14-16-18-19-20-21-22-24-26-28-30-32-38(42)39-36(35-46-47(43,44)45-34-33-40(3,4)5)37(41)31-29-27-25-23-17-15-13-11-9-7-2/h8-11,14,16-17,19-20,22-24,28-31,36-37,41H,6-7,12-13,15,18,21,25-27,32-35H2,1-5H3,(H-,39,42,43,44)/p+1/b10-8-,11-9+,16-14-,20-19-,23-17+,24-22-,30-28-,31-29+. The predicted octanol–water partition coefficient (Wildman–Crippen LogP) is 8.45. The number of rotatable bonds is 28. The summed E-state index contributed by atoms with van der Waals surface area (Å²) in [4.78, 5) is 22.8. The van der Waals surface area contributed by atoms with Crippen molar-refractivity contribution in [3.05, 3.63) is 97.2 Å². The van der Waals surface area contributed by atoms with Gasteiger partial charge in [-0.2, -0.15) is 0 Å². The second kappa shape index (κ2) is 29.6. The highest BCUT2D eigenvalue weighted by Crippen LogP contribution is 2.43. The van der Waals surface area contributed by atoms with E-state index in [-0.39, 0.29) is 25.5 Å². The number of aliphatic hydroxyl groups excluding tert-OH is 1. The lowest BCUT2D eigenvalue weighted by molar-refractivity contribution is -0.870. The largest absolute Gasteiger partial charge is 0.472 e. The van der Waals surface area contributed by atoms with Crippen molar-refractivity contribution in [2.75, 3.05) is 40.9 Å². The maximum atomic E-state index is 12.7. The molecule has 0 aromatic heterocycles. The molecule has 0 radical (unpaired) electrons. The Bertz CT molecular complexity index is 1080. The number of aliphatic hydroxyl groups is 1. The first kappa shape index (κ1) is 44.4. The van der Waals surface area contributed by atoms with Crippen LogP contribution in [0, 0.1) is 0 Å². The second-order valence-corrected chi connectivity index (χ2v) is 13.6. The fourth-order valence-corrected chi connectivity index (χ4v) is 4.59. The lowest BCUT2D eigenvalue weighted by atomic mass is 10.1. The summed E-state index contributed by atoms with van der Waals surface area (Å²) in [6, 6.07) is -0.926. The van der Waals surface area contributed by atoms with Gasteiger partial charge in [-0.3, -0.25) is 13.8 Å². The van der Waals surface area contributed by atoms with Crippen molar-refractivity contribution >= 4 is 13.7 Å². The average molecular weight is 676 g/mol. The number of unbranched alkanes of at least 4 members (excludes halogenated alkanes) is 2. The molecule has 1 amide bonds. The van der Waals surface area contributed by atoms with Crippen LogP contribution in [0.2, 0.25) is 0 Å². The van der Waals surface area contributed by atoms with Crippen LogP contribution in [0.3, 0.4) is 0 Å². The van der Waals surface area contributed by atoms with E-state index in [9.17, 15) is 19.4 Å². The van der Waals surface area contributed by atoms with Gasteiger partial charge in [-0.15, -0.1) is 0 Å². The van der Waals surface area contributed by atoms with E-state index in [1.54, 1.807) is 12.2 Å². The summed E-state index contributed by atoms with van der Waals surface area (Å²) in [7, 11) is 1.46. The number of hydrogen-bond donors (Lipinski definition) is 3. The molecule has 47 heavy (non-hydrogen) atoms. The number of likely N-dealkylation sites (N-methyl/N-ethyl adjacent to an activating group) is 1. The molecule has 0 aromatic rings. The molecule has 0 aliphatic heterocycles. The fraction of sp³-hybridized carbons (Fsp3) is 0.553. The Morgan fingerprint density at radius 1 is 0.702 bits per heavy atom. The molecule has 0 rings (SSSR count). The number of phosphoric ester groups is 1. The molecule has 0 fully saturated rings. The van der Waals surface area contributed by atoms with Crippen LogP contribution in [-0.4, -0.2) is 73.4 Å². The Morgan fingerprint density at radius 3 is 1.66 bits per heavy atom. The molecule has 0 aromatic carbocycles. The number of nitrogens with zero attached hydrogens (tertiary/aromatic N) is 1. The molecular weight excluding hydrogens is 611 g/mol. The number of hydrogen-bond acceptors (Lipinski definition) is 5. The zero-order valence-electron chi connectivity index (χ0n) is 29.7. The molecule has 8 nitrogen and oxygen atoms in total. The van der Waals surface area contributed by atoms with Crippen LogP contribution in [0.5, 0.6) is 0 Å². The minimum atomic E-state index is -4.37. The summed E-state index contributed by atoms with van der Waals surface area (Å²) in [5.41, 5.74) is 0. The number of nitrogens with one attached hydrogen (secondary N) is 1. The Labute approximate surface area is 286 Å². The van der Waals surface area contributed by atoms with Gasteiger partial charge in [0.1, 0.15) is 13.2 Å². The fourth-order valence-electron chi connectivity index (χ4n) is 3.85. The lowest BCUT2D eigenvalue weighted by Crippen LogP contribution is -2.45. The van der Waals surface area contributed by atoms with Gasteiger partial charge in [-0.05, 0) is 64.2 Å². The van der Waals surface area contributed by atoms with E-state index in [0.29, 0.717) is 23.9 Å². The number of carbonyl (C=O) groups is 1. The third kappa shape index (κ3) is 31.8.